The van der Waals surface area contributed by atoms with Crippen LogP contribution in [0.1, 0.15) is 23.2 Å². The van der Waals surface area contributed by atoms with Crippen LogP contribution in [0.4, 0.5) is 5.69 Å². The van der Waals surface area contributed by atoms with Crippen LogP contribution in [0.3, 0.4) is 0 Å². The molecule has 0 aromatic heterocycles. The minimum Gasteiger partial charge on any atom is -0.399 e. The highest BCUT2D eigenvalue weighted by Crippen LogP contribution is 2.18. The molecule has 1 aromatic carbocycles. The van der Waals surface area contributed by atoms with Crippen molar-refractivity contribution in [3.8, 4) is 0 Å². The zero-order chi connectivity index (χ0) is 12.4. The van der Waals surface area contributed by atoms with Crippen LogP contribution in [0.2, 0.25) is 0 Å². The number of nitrogens with zero attached hydrogens (tertiary/aromatic N) is 1. The number of rotatable bonds is 1. The number of aliphatic hydroxyl groups is 1. The van der Waals surface area contributed by atoms with E-state index in [-0.39, 0.29) is 12.0 Å². The van der Waals surface area contributed by atoms with Gasteiger partial charge >= 0.3 is 0 Å². The van der Waals surface area contributed by atoms with E-state index in [1.165, 1.54) is 0 Å². The molecule has 1 amide bonds. The van der Waals surface area contributed by atoms with Crippen LogP contribution < -0.4 is 5.73 Å². The quantitative estimate of drug-likeness (QED) is 0.598. The Morgan fingerprint density at radius 3 is 2.59 bits per heavy atom. The SMILES string of the molecule is Nc1cc(I)cc(C(=O)N2CCC(O)CC2)c1. The van der Waals surface area contributed by atoms with Gasteiger partial charge in [0.25, 0.3) is 5.91 Å². The number of hydrogen-bond donors (Lipinski definition) is 2. The lowest BCUT2D eigenvalue weighted by atomic mass is 10.1. The second-order valence-corrected chi connectivity index (χ2v) is 5.54. The molecule has 1 saturated heterocycles. The molecule has 1 heterocycles. The first-order valence-electron chi connectivity index (χ1n) is 5.59. The van der Waals surface area contributed by atoms with Crippen molar-refractivity contribution in [1.29, 1.82) is 0 Å². The third kappa shape index (κ3) is 3.10. The molecule has 1 fully saturated rings. The fraction of sp³-hybridized carbons (Fsp3) is 0.417. The highest BCUT2D eigenvalue weighted by atomic mass is 127. The van der Waals surface area contributed by atoms with Crippen LogP contribution in [-0.2, 0) is 0 Å². The summed E-state index contributed by atoms with van der Waals surface area (Å²) in [5, 5.41) is 9.41. The van der Waals surface area contributed by atoms with Crippen LogP contribution in [0.5, 0.6) is 0 Å². The molecule has 0 bridgehead atoms. The smallest absolute Gasteiger partial charge is 0.253 e. The van der Waals surface area contributed by atoms with E-state index in [9.17, 15) is 9.90 Å². The van der Waals surface area contributed by atoms with E-state index in [0.717, 1.165) is 3.57 Å². The molecule has 92 valence electrons. The number of nitrogen functional groups attached to an aromatic ring is 1. The number of likely N-dealkylation sites (tertiary alicyclic amines) is 1. The third-order valence-electron chi connectivity index (χ3n) is 2.92. The largest absolute Gasteiger partial charge is 0.399 e. The number of anilines is 1. The summed E-state index contributed by atoms with van der Waals surface area (Å²) in [6, 6.07) is 5.37. The van der Waals surface area contributed by atoms with E-state index in [1.54, 1.807) is 11.0 Å². The second kappa shape index (κ2) is 5.22. The third-order valence-corrected chi connectivity index (χ3v) is 3.54. The van der Waals surface area contributed by atoms with Crippen molar-refractivity contribution in [2.45, 2.75) is 18.9 Å². The minimum absolute atomic E-state index is 0.00196. The van der Waals surface area contributed by atoms with Gasteiger partial charge in [0.2, 0.25) is 0 Å². The molecule has 0 aliphatic carbocycles. The normalized spacial score (nSPS) is 17.2. The van der Waals surface area contributed by atoms with Crippen LogP contribution in [0, 0.1) is 3.57 Å². The first kappa shape index (κ1) is 12.6. The van der Waals surface area contributed by atoms with Crippen molar-refractivity contribution >= 4 is 34.2 Å². The van der Waals surface area contributed by atoms with Gasteiger partial charge in [-0.25, -0.2) is 0 Å². The zero-order valence-corrected chi connectivity index (χ0v) is 11.6. The monoisotopic (exact) mass is 346 g/mol. The Balaban J connectivity index is 2.14. The number of carbonyl (C=O) groups is 1. The first-order valence-corrected chi connectivity index (χ1v) is 6.67. The molecule has 3 N–H and O–H groups in total. The Hall–Kier alpha value is -0.820. The maximum Gasteiger partial charge on any atom is 0.253 e. The average molecular weight is 346 g/mol. The summed E-state index contributed by atoms with van der Waals surface area (Å²) in [6.45, 7) is 1.23. The van der Waals surface area contributed by atoms with Crippen molar-refractivity contribution in [3.05, 3.63) is 27.3 Å². The standard InChI is InChI=1S/C12H15IN2O2/c13-9-5-8(6-10(14)7-9)12(17)15-3-1-11(16)2-4-15/h5-7,11,16H,1-4,14H2. The maximum absolute atomic E-state index is 12.2. The van der Waals surface area contributed by atoms with Crippen molar-refractivity contribution in [1.82, 2.24) is 4.90 Å². The van der Waals surface area contributed by atoms with Crippen LogP contribution in [0.15, 0.2) is 18.2 Å². The van der Waals surface area contributed by atoms with Crippen molar-refractivity contribution in [2.24, 2.45) is 0 Å². The van der Waals surface area contributed by atoms with Crippen LogP contribution >= 0.6 is 22.6 Å². The number of halogens is 1. The van der Waals surface area contributed by atoms with Gasteiger partial charge in [0.05, 0.1) is 6.10 Å². The molecule has 1 aromatic rings. The fourth-order valence-electron chi connectivity index (χ4n) is 1.99. The zero-order valence-electron chi connectivity index (χ0n) is 9.40. The number of aliphatic hydroxyl groups excluding tert-OH is 1. The van der Waals surface area contributed by atoms with Gasteiger partial charge in [0.15, 0.2) is 0 Å². The summed E-state index contributed by atoms with van der Waals surface area (Å²) in [7, 11) is 0. The fourth-order valence-corrected chi connectivity index (χ4v) is 2.68. The summed E-state index contributed by atoms with van der Waals surface area (Å²) in [6.07, 6.45) is 1.05. The molecule has 0 atom stereocenters. The Morgan fingerprint density at radius 2 is 2.00 bits per heavy atom. The molecule has 17 heavy (non-hydrogen) atoms. The van der Waals surface area contributed by atoms with Crippen LogP contribution in [-0.4, -0.2) is 35.1 Å². The Kier molecular flexibility index (Phi) is 3.88. The van der Waals surface area contributed by atoms with Gasteiger partial charge in [-0.15, -0.1) is 0 Å². The van der Waals surface area contributed by atoms with Gasteiger partial charge < -0.3 is 15.7 Å². The molecule has 1 aliphatic heterocycles. The molecule has 2 rings (SSSR count). The second-order valence-electron chi connectivity index (χ2n) is 4.30. The summed E-state index contributed by atoms with van der Waals surface area (Å²) in [4.78, 5) is 14.0. The summed E-state index contributed by atoms with van der Waals surface area (Å²) in [5.74, 6) is 0.00196. The topological polar surface area (TPSA) is 66.6 Å². The van der Waals surface area contributed by atoms with Gasteiger partial charge in [0.1, 0.15) is 0 Å². The number of hydrogen-bond acceptors (Lipinski definition) is 3. The van der Waals surface area contributed by atoms with Crippen molar-refractivity contribution in [3.63, 3.8) is 0 Å². The number of nitrogens with two attached hydrogens (primary N) is 1. The highest BCUT2D eigenvalue weighted by molar-refractivity contribution is 14.1. The molecular formula is C12H15IN2O2. The Morgan fingerprint density at radius 1 is 1.35 bits per heavy atom. The number of carbonyl (C=O) groups excluding carboxylic acids is 1. The number of piperidine rings is 1. The molecule has 0 saturated carbocycles. The maximum atomic E-state index is 12.2. The van der Waals surface area contributed by atoms with Gasteiger partial charge in [-0.1, -0.05) is 0 Å². The van der Waals surface area contributed by atoms with E-state index >= 15 is 0 Å². The van der Waals surface area contributed by atoms with E-state index < -0.39 is 0 Å². The van der Waals surface area contributed by atoms with Crippen LogP contribution in [0.25, 0.3) is 0 Å². The molecule has 5 heteroatoms. The number of amides is 1. The van der Waals surface area contributed by atoms with Gasteiger partial charge in [-0.3, -0.25) is 4.79 Å². The molecule has 0 unspecified atom stereocenters. The lowest BCUT2D eigenvalue weighted by Gasteiger charge is -2.29. The first-order chi connectivity index (χ1) is 8.06. The molecule has 0 spiro atoms. The predicted octanol–water partition coefficient (Wildman–Crippen LogP) is 1.47. The average Bonchev–Trinajstić information content (AvgIpc) is 2.28. The summed E-state index contributed by atoms with van der Waals surface area (Å²) in [5.41, 5.74) is 6.97. The van der Waals surface area contributed by atoms with E-state index in [0.29, 0.717) is 37.2 Å². The summed E-state index contributed by atoms with van der Waals surface area (Å²) < 4.78 is 0.961. The Bertz CT molecular complexity index is 408. The lowest BCUT2D eigenvalue weighted by Crippen LogP contribution is -2.40. The van der Waals surface area contributed by atoms with Gasteiger partial charge in [0, 0.05) is 27.9 Å². The minimum atomic E-state index is -0.264. The molecule has 1 aliphatic rings. The molecule has 4 nitrogen and oxygen atoms in total. The van der Waals surface area contributed by atoms with E-state index in [4.69, 9.17) is 5.73 Å². The molecular weight excluding hydrogens is 331 g/mol. The van der Waals surface area contributed by atoms with Gasteiger partial charge in [-0.05, 0) is 53.6 Å². The van der Waals surface area contributed by atoms with Crippen molar-refractivity contribution in [2.75, 3.05) is 18.8 Å². The van der Waals surface area contributed by atoms with E-state index in [1.807, 2.05) is 12.1 Å². The highest BCUT2D eigenvalue weighted by Gasteiger charge is 2.22. The number of benzene rings is 1. The predicted molar refractivity (Wildman–Crippen MR) is 74.7 cm³/mol. The van der Waals surface area contributed by atoms with Gasteiger partial charge in [-0.2, -0.15) is 0 Å². The van der Waals surface area contributed by atoms with E-state index in [2.05, 4.69) is 22.6 Å². The van der Waals surface area contributed by atoms with Crippen molar-refractivity contribution < 1.29 is 9.90 Å². The Labute approximate surface area is 114 Å². The summed E-state index contributed by atoms with van der Waals surface area (Å²) >= 11 is 2.15. The lowest BCUT2D eigenvalue weighted by molar-refractivity contribution is 0.0546. The molecule has 0 radical (unpaired) electrons.